The van der Waals surface area contributed by atoms with Gasteiger partial charge in [0.2, 0.25) is 0 Å². The van der Waals surface area contributed by atoms with Gasteiger partial charge in [0.1, 0.15) is 5.75 Å². The molecule has 0 atom stereocenters. The van der Waals surface area contributed by atoms with Crippen LogP contribution >= 0.6 is 0 Å². The predicted molar refractivity (Wildman–Crippen MR) is 78.4 cm³/mol. The highest BCUT2D eigenvalue weighted by Gasteiger charge is 2.09. The first-order valence-electron chi connectivity index (χ1n) is 6.36. The molecule has 0 unspecified atom stereocenters. The summed E-state index contributed by atoms with van der Waals surface area (Å²) >= 11 is 0. The lowest BCUT2D eigenvalue weighted by atomic mass is 9.99. The number of hydrogen-bond acceptors (Lipinski definition) is 3. The monoisotopic (exact) mass is 254 g/mol. The lowest BCUT2D eigenvalue weighted by molar-refractivity contribution is 0.470. The van der Waals surface area contributed by atoms with Crippen molar-refractivity contribution in [2.75, 3.05) is 0 Å². The second kappa shape index (κ2) is 5.65. The van der Waals surface area contributed by atoms with Gasteiger partial charge in [0, 0.05) is 6.20 Å². The van der Waals surface area contributed by atoms with Gasteiger partial charge in [-0.3, -0.25) is 9.98 Å². The van der Waals surface area contributed by atoms with E-state index >= 15 is 0 Å². The Bertz CT molecular complexity index is 589. The molecule has 1 aromatic heterocycles. The van der Waals surface area contributed by atoms with Crippen LogP contribution < -0.4 is 0 Å². The molecule has 3 nitrogen and oxygen atoms in total. The largest absolute Gasteiger partial charge is 0.508 e. The van der Waals surface area contributed by atoms with Gasteiger partial charge in [0.25, 0.3) is 0 Å². The van der Waals surface area contributed by atoms with Crippen molar-refractivity contribution in [2.24, 2.45) is 4.99 Å². The maximum Gasteiger partial charge on any atom is 0.118 e. The minimum atomic E-state index is 0.308. The molecule has 0 aliphatic carbocycles. The maximum absolute atomic E-state index is 9.79. The van der Waals surface area contributed by atoms with Crippen molar-refractivity contribution < 1.29 is 5.11 Å². The molecule has 3 heteroatoms. The number of pyridine rings is 1. The molecule has 0 amide bonds. The van der Waals surface area contributed by atoms with E-state index in [4.69, 9.17) is 0 Å². The lowest BCUT2D eigenvalue weighted by Gasteiger charge is -2.11. The summed E-state index contributed by atoms with van der Waals surface area (Å²) < 4.78 is 0. The smallest absolute Gasteiger partial charge is 0.118 e. The first-order valence-corrected chi connectivity index (χ1v) is 6.36. The van der Waals surface area contributed by atoms with E-state index in [1.165, 1.54) is 0 Å². The van der Waals surface area contributed by atoms with Gasteiger partial charge >= 0.3 is 0 Å². The van der Waals surface area contributed by atoms with Crippen LogP contribution in [0.1, 0.15) is 36.6 Å². The summed E-state index contributed by atoms with van der Waals surface area (Å²) in [4.78, 5) is 8.71. The Morgan fingerprint density at radius 1 is 1.26 bits per heavy atom. The van der Waals surface area contributed by atoms with Crippen molar-refractivity contribution in [2.45, 2.75) is 26.7 Å². The summed E-state index contributed by atoms with van der Waals surface area (Å²) in [6.45, 7) is 6.05. The number of aromatic nitrogens is 1. The molecule has 0 fully saturated rings. The van der Waals surface area contributed by atoms with Crippen LogP contribution in [-0.2, 0) is 0 Å². The molecule has 0 bridgehead atoms. The number of rotatable bonds is 3. The molecule has 0 saturated heterocycles. The maximum atomic E-state index is 9.79. The van der Waals surface area contributed by atoms with Gasteiger partial charge in [-0.2, -0.15) is 0 Å². The third kappa shape index (κ3) is 3.19. The number of aryl methyl sites for hydroxylation is 1. The van der Waals surface area contributed by atoms with Gasteiger partial charge in [-0.05, 0) is 48.2 Å². The number of phenolic OH excluding ortho intramolecular Hbond substituents is 1. The standard InChI is InChI=1S/C16H18N2O/c1-11(2)14-9-16(19)12(3)8-15(14)18-10-13-6-4-5-7-17-13/h4-11,19H,1-3H3. The average molecular weight is 254 g/mol. The Balaban J connectivity index is 2.39. The van der Waals surface area contributed by atoms with Crippen LogP contribution in [0.2, 0.25) is 0 Å². The highest BCUT2D eigenvalue weighted by atomic mass is 16.3. The van der Waals surface area contributed by atoms with Gasteiger partial charge in [0.15, 0.2) is 0 Å². The highest BCUT2D eigenvalue weighted by Crippen LogP contribution is 2.32. The van der Waals surface area contributed by atoms with Gasteiger partial charge in [0.05, 0.1) is 17.6 Å². The SMILES string of the molecule is Cc1cc(N=Cc2ccccn2)c(C(C)C)cc1O. The van der Waals surface area contributed by atoms with Crippen molar-refractivity contribution in [3.8, 4) is 5.75 Å². The fraction of sp³-hybridized carbons (Fsp3) is 0.250. The molecular formula is C16H18N2O. The minimum Gasteiger partial charge on any atom is -0.508 e. The highest BCUT2D eigenvalue weighted by molar-refractivity contribution is 5.80. The van der Waals surface area contributed by atoms with Crippen LogP contribution in [0.4, 0.5) is 5.69 Å². The first kappa shape index (κ1) is 13.3. The summed E-state index contributed by atoms with van der Waals surface area (Å²) in [6, 6.07) is 9.42. The van der Waals surface area contributed by atoms with Gasteiger partial charge in [-0.15, -0.1) is 0 Å². The Kier molecular flexibility index (Phi) is 3.95. The number of phenols is 1. The molecule has 1 aromatic carbocycles. The summed E-state index contributed by atoms with van der Waals surface area (Å²) in [5.74, 6) is 0.628. The van der Waals surface area contributed by atoms with E-state index in [1.54, 1.807) is 18.5 Å². The summed E-state index contributed by atoms with van der Waals surface area (Å²) in [6.07, 6.45) is 3.49. The molecule has 19 heavy (non-hydrogen) atoms. The summed E-state index contributed by atoms with van der Waals surface area (Å²) in [5.41, 5.74) is 3.58. The average Bonchev–Trinajstić information content (AvgIpc) is 2.40. The van der Waals surface area contributed by atoms with Crippen LogP contribution in [0.5, 0.6) is 5.75 Å². The topological polar surface area (TPSA) is 45.5 Å². The van der Waals surface area contributed by atoms with Crippen molar-refractivity contribution >= 4 is 11.9 Å². The van der Waals surface area contributed by atoms with E-state index in [9.17, 15) is 5.11 Å². The third-order valence-electron chi connectivity index (χ3n) is 2.99. The molecule has 0 aliphatic rings. The first-order chi connectivity index (χ1) is 9.08. The zero-order valence-electron chi connectivity index (χ0n) is 11.5. The zero-order valence-corrected chi connectivity index (χ0v) is 11.5. The summed E-state index contributed by atoms with van der Waals surface area (Å²) in [7, 11) is 0. The fourth-order valence-corrected chi connectivity index (χ4v) is 1.86. The molecule has 0 saturated carbocycles. The molecule has 0 radical (unpaired) electrons. The molecule has 2 aromatic rings. The van der Waals surface area contributed by atoms with Crippen molar-refractivity contribution in [1.29, 1.82) is 0 Å². The quantitative estimate of drug-likeness (QED) is 0.842. The van der Waals surface area contributed by atoms with E-state index in [2.05, 4.69) is 23.8 Å². The van der Waals surface area contributed by atoms with Crippen molar-refractivity contribution in [3.63, 3.8) is 0 Å². The van der Waals surface area contributed by atoms with E-state index in [0.717, 1.165) is 22.5 Å². The van der Waals surface area contributed by atoms with Crippen LogP contribution in [0, 0.1) is 6.92 Å². The molecule has 2 rings (SSSR count). The molecule has 0 aliphatic heterocycles. The second-order valence-corrected chi connectivity index (χ2v) is 4.87. The molecular weight excluding hydrogens is 236 g/mol. The zero-order chi connectivity index (χ0) is 13.8. The Morgan fingerprint density at radius 3 is 2.68 bits per heavy atom. The lowest BCUT2D eigenvalue weighted by Crippen LogP contribution is -1.91. The van der Waals surface area contributed by atoms with Crippen LogP contribution in [-0.4, -0.2) is 16.3 Å². The predicted octanol–water partition coefficient (Wildman–Crippen LogP) is 3.97. The van der Waals surface area contributed by atoms with Crippen LogP contribution in [0.25, 0.3) is 0 Å². The normalized spacial score (nSPS) is 11.4. The van der Waals surface area contributed by atoms with Gasteiger partial charge in [-0.1, -0.05) is 19.9 Å². The number of hydrogen-bond donors (Lipinski definition) is 1. The van der Waals surface area contributed by atoms with Gasteiger partial charge < -0.3 is 5.11 Å². The van der Waals surface area contributed by atoms with Crippen molar-refractivity contribution in [3.05, 3.63) is 53.3 Å². The molecule has 1 N–H and O–H groups in total. The molecule has 0 spiro atoms. The van der Waals surface area contributed by atoms with Crippen LogP contribution in [0.3, 0.4) is 0 Å². The Hall–Kier alpha value is -2.16. The van der Waals surface area contributed by atoms with Crippen LogP contribution in [0.15, 0.2) is 41.5 Å². The number of benzene rings is 1. The Labute approximate surface area is 113 Å². The summed E-state index contributed by atoms with van der Waals surface area (Å²) in [5, 5.41) is 9.79. The Morgan fingerprint density at radius 2 is 2.05 bits per heavy atom. The van der Waals surface area contributed by atoms with Gasteiger partial charge in [-0.25, -0.2) is 0 Å². The second-order valence-electron chi connectivity index (χ2n) is 4.87. The molecule has 1 heterocycles. The van der Waals surface area contributed by atoms with E-state index in [0.29, 0.717) is 11.7 Å². The van der Waals surface area contributed by atoms with Crippen molar-refractivity contribution in [1.82, 2.24) is 4.98 Å². The number of nitrogens with zero attached hydrogens (tertiary/aromatic N) is 2. The minimum absolute atomic E-state index is 0.308. The number of aromatic hydroxyl groups is 1. The van der Waals surface area contributed by atoms with E-state index in [1.807, 2.05) is 31.2 Å². The van der Waals surface area contributed by atoms with E-state index in [-0.39, 0.29) is 0 Å². The number of aliphatic imine (C=N–C) groups is 1. The molecule has 98 valence electrons. The third-order valence-corrected chi connectivity index (χ3v) is 2.99. The fourth-order valence-electron chi connectivity index (χ4n) is 1.86. The van der Waals surface area contributed by atoms with E-state index < -0.39 is 0 Å².